The van der Waals surface area contributed by atoms with Crippen molar-refractivity contribution in [2.75, 3.05) is 33.8 Å². The van der Waals surface area contributed by atoms with Crippen LogP contribution < -0.4 is 4.74 Å². The molecule has 6 nitrogen and oxygen atoms in total. The molecule has 1 aliphatic heterocycles. The fraction of sp³-hybridized carbons (Fsp3) is 0.412. The molecule has 122 valence electrons. The number of rotatable bonds is 3. The SMILES string of the molecule is COc1ccccc1C1CN(C(=O)c2ccnn2C)CCN1C. The molecule has 2 heterocycles. The number of amides is 1. The normalized spacial score (nSPS) is 18.9. The lowest BCUT2D eigenvalue weighted by molar-refractivity contribution is 0.0532. The molecule has 1 unspecified atom stereocenters. The van der Waals surface area contributed by atoms with Crippen LogP contribution in [-0.2, 0) is 7.05 Å². The predicted molar refractivity (Wildman–Crippen MR) is 87.5 cm³/mol. The zero-order valence-corrected chi connectivity index (χ0v) is 13.8. The topological polar surface area (TPSA) is 50.6 Å². The van der Waals surface area contributed by atoms with Gasteiger partial charge in [0.2, 0.25) is 0 Å². The third-order valence-electron chi connectivity index (χ3n) is 4.47. The summed E-state index contributed by atoms with van der Waals surface area (Å²) in [6.45, 7) is 2.18. The van der Waals surface area contributed by atoms with Crippen LogP contribution in [0.2, 0.25) is 0 Å². The maximum atomic E-state index is 12.7. The van der Waals surface area contributed by atoms with E-state index >= 15 is 0 Å². The summed E-state index contributed by atoms with van der Waals surface area (Å²) in [4.78, 5) is 16.9. The Morgan fingerprint density at radius 1 is 1.22 bits per heavy atom. The largest absolute Gasteiger partial charge is 0.496 e. The molecule has 23 heavy (non-hydrogen) atoms. The van der Waals surface area contributed by atoms with E-state index in [9.17, 15) is 4.79 Å². The summed E-state index contributed by atoms with van der Waals surface area (Å²) in [7, 11) is 5.56. The highest BCUT2D eigenvalue weighted by molar-refractivity contribution is 5.92. The summed E-state index contributed by atoms with van der Waals surface area (Å²) in [5, 5.41) is 4.09. The fourth-order valence-corrected chi connectivity index (χ4v) is 3.08. The van der Waals surface area contributed by atoms with Crippen LogP contribution in [0.4, 0.5) is 0 Å². The van der Waals surface area contributed by atoms with Crippen LogP contribution in [-0.4, -0.2) is 59.3 Å². The minimum atomic E-state index is 0.0259. The van der Waals surface area contributed by atoms with Gasteiger partial charge < -0.3 is 9.64 Å². The minimum absolute atomic E-state index is 0.0259. The fourth-order valence-electron chi connectivity index (χ4n) is 3.08. The van der Waals surface area contributed by atoms with Gasteiger partial charge in [0.15, 0.2) is 0 Å². The molecule has 0 radical (unpaired) electrons. The number of hydrogen-bond donors (Lipinski definition) is 0. The molecule has 1 aromatic carbocycles. The number of nitrogens with zero attached hydrogens (tertiary/aromatic N) is 4. The van der Waals surface area contributed by atoms with Gasteiger partial charge in [-0.1, -0.05) is 18.2 Å². The first kappa shape index (κ1) is 15.6. The molecular weight excluding hydrogens is 292 g/mol. The molecule has 3 rings (SSSR count). The van der Waals surface area contributed by atoms with E-state index in [-0.39, 0.29) is 11.9 Å². The second-order valence-electron chi connectivity index (χ2n) is 5.83. The van der Waals surface area contributed by atoms with Crippen molar-refractivity contribution in [2.45, 2.75) is 6.04 Å². The van der Waals surface area contributed by atoms with Crippen molar-refractivity contribution < 1.29 is 9.53 Å². The lowest BCUT2D eigenvalue weighted by Crippen LogP contribution is -2.49. The van der Waals surface area contributed by atoms with Crippen molar-refractivity contribution >= 4 is 5.91 Å². The number of ether oxygens (including phenoxy) is 1. The number of carbonyl (C=O) groups is 1. The van der Waals surface area contributed by atoms with Crippen molar-refractivity contribution in [3.8, 4) is 5.75 Å². The molecule has 0 bridgehead atoms. The van der Waals surface area contributed by atoms with E-state index in [1.807, 2.05) is 23.1 Å². The van der Waals surface area contributed by atoms with Gasteiger partial charge in [0.1, 0.15) is 11.4 Å². The summed E-state index contributed by atoms with van der Waals surface area (Å²) in [6, 6.07) is 9.89. The van der Waals surface area contributed by atoms with Gasteiger partial charge in [-0.25, -0.2) is 0 Å². The molecule has 0 N–H and O–H groups in total. The Morgan fingerprint density at radius 3 is 2.70 bits per heavy atom. The molecule has 1 atom stereocenters. The lowest BCUT2D eigenvalue weighted by atomic mass is 10.0. The Labute approximate surface area is 136 Å². The number of methoxy groups -OCH3 is 1. The van der Waals surface area contributed by atoms with Gasteiger partial charge in [0.05, 0.1) is 13.2 Å². The van der Waals surface area contributed by atoms with Crippen molar-refractivity contribution in [1.29, 1.82) is 0 Å². The van der Waals surface area contributed by atoms with Gasteiger partial charge in [-0.2, -0.15) is 5.10 Å². The van der Waals surface area contributed by atoms with Crippen molar-refractivity contribution in [3.05, 3.63) is 47.8 Å². The number of likely N-dealkylation sites (N-methyl/N-ethyl adjacent to an activating group) is 1. The van der Waals surface area contributed by atoms with Gasteiger partial charge >= 0.3 is 0 Å². The molecule has 1 amide bonds. The molecule has 1 fully saturated rings. The summed E-state index contributed by atoms with van der Waals surface area (Å²) < 4.78 is 7.11. The number of hydrogen-bond acceptors (Lipinski definition) is 4. The van der Waals surface area contributed by atoms with E-state index in [4.69, 9.17) is 4.74 Å². The Bertz CT molecular complexity index is 697. The number of para-hydroxylation sites is 1. The number of aromatic nitrogens is 2. The standard InChI is InChI=1S/C17H22N4O2/c1-19-10-11-21(17(22)14-8-9-18-20(14)2)12-15(19)13-6-4-5-7-16(13)23-3/h4-9,15H,10-12H2,1-3H3. The first-order chi connectivity index (χ1) is 11.1. The highest BCUT2D eigenvalue weighted by Crippen LogP contribution is 2.31. The third kappa shape index (κ3) is 2.94. The predicted octanol–water partition coefficient (Wildman–Crippen LogP) is 1.56. The molecule has 0 spiro atoms. The van der Waals surface area contributed by atoms with E-state index < -0.39 is 0 Å². The van der Waals surface area contributed by atoms with Crippen LogP contribution >= 0.6 is 0 Å². The van der Waals surface area contributed by atoms with Gasteiger partial charge in [-0.05, 0) is 19.2 Å². The molecule has 1 saturated heterocycles. The second-order valence-corrected chi connectivity index (χ2v) is 5.83. The van der Waals surface area contributed by atoms with Crippen LogP contribution in [0.1, 0.15) is 22.1 Å². The molecular formula is C17H22N4O2. The Kier molecular flexibility index (Phi) is 4.34. The second kappa shape index (κ2) is 6.42. The first-order valence-corrected chi connectivity index (χ1v) is 7.72. The highest BCUT2D eigenvalue weighted by atomic mass is 16.5. The average molecular weight is 314 g/mol. The van der Waals surface area contributed by atoms with Gasteiger partial charge in [0, 0.05) is 38.4 Å². The van der Waals surface area contributed by atoms with Crippen LogP contribution in [0.5, 0.6) is 5.75 Å². The quantitative estimate of drug-likeness (QED) is 0.863. The Morgan fingerprint density at radius 2 is 2.00 bits per heavy atom. The monoisotopic (exact) mass is 314 g/mol. The zero-order valence-electron chi connectivity index (χ0n) is 13.8. The summed E-state index contributed by atoms with van der Waals surface area (Å²) in [6.07, 6.45) is 1.65. The van der Waals surface area contributed by atoms with E-state index in [1.54, 1.807) is 31.1 Å². The number of carbonyl (C=O) groups excluding carboxylic acids is 1. The average Bonchev–Trinajstić information content (AvgIpc) is 3.00. The van der Waals surface area contributed by atoms with Crippen LogP contribution in [0, 0.1) is 0 Å². The van der Waals surface area contributed by atoms with Crippen LogP contribution in [0.3, 0.4) is 0 Å². The van der Waals surface area contributed by atoms with E-state index in [2.05, 4.69) is 23.1 Å². The smallest absolute Gasteiger partial charge is 0.272 e. The summed E-state index contributed by atoms with van der Waals surface area (Å²) in [5.74, 6) is 0.886. The van der Waals surface area contributed by atoms with E-state index in [0.29, 0.717) is 18.8 Å². The van der Waals surface area contributed by atoms with E-state index in [1.165, 1.54) is 0 Å². The van der Waals surface area contributed by atoms with Gasteiger partial charge in [0.25, 0.3) is 5.91 Å². The highest BCUT2D eigenvalue weighted by Gasteiger charge is 2.31. The Hall–Kier alpha value is -2.34. The Balaban J connectivity index is 1.85. The van der Waals surface area contributed by atoms with Crippen LogP contribution in [0.25, 0.3) is 0 Å². The van der Waals surface area contributed by atoms with Gasteiger partial charge in [-0.15, -0.1) is 0 Å². The summed E-state index contributed by atoms with van der Waals surface area (Å²) >= 11 is 0. The number of benzene rings is 1. The van der Waals surface area contributed by atoms with Crippen molar-refractivity contribution in [3.63, 3.8) is 0 Å². The molecule has 1 aliphatic rings. The van der Waals surface area contributed by atoms with Gasteiger partial charge in [-0.3, -0.25) is 14.4 Å². The molecule has 0 saturated carbocycles. The first-order valence-electron chi connectivity index (χ1n) is 7.72. The number of piperazine rings is 1. The molecule has 1 aromatic heterocycles. The molecule has 6 heteroatoms. The molecule has 0 aliphatic carbocycles. The lowest BCUT2D eigenvalue weighted by Gasteiger charge is -2.40. The van der Waals surface area contributed by atoms with Crippen LogP contribution in [0.15, 0.2) is 36.5 Å². The van der Waals surface area contributed by atoms with Crippen molar-refractivity contribution in [1.82, 2.24) is 19.6 Å². The number of aryl methyl sites for hydroxylation is 1. The van der Waals surface area contributed by atoms with Crippen molar-refractivity contribution in [2.24, 2.45) is 7.05 Å². The molecule has 2 aromatic rings. The zero-order chi connectivity index (χ0) is 16.4. The minimum Gasteiger partial charge on any atom is -0.496 e. The summed E-state index contributed by atoms with van der Waals surface area (Å²) in [5.41, 5.74) is 1.73. The maximum Gasteiger partial charge on any atom is 0.272 e. The third-order valence-corrected chi connectivity index (χ3v) is 4.47. The maximum absolute atomic E-state index is 12.7. The van der Waals surface area contributed by atoms with E-state index in [0.717, 1.165) is 17.9 Å².